The van der Waals surface area contributed by atoms with E-state index in [0.717, 1.165) is 44.0 Å². The van der Waals surface area contributed by atoms with Crippen molar-refractivity contribution in [2.75, 3.05) is 16.5 Å². The number of rotatable bonds is 4. The first-order valence-electron chi connectivity index (χ1n) is 14.8. The molecule has 0 unspecified atom stereocenters. The van der Waals surface area contributed by atoms with Crippen LogP contribution in [0.4, 0.5) is 17.1 Å². The van der Waals surface area contributed by atoms with Gasteiger partial charge in [-0.25, -0.2) is 4.98 Å². The monoisotopic (exact) mass is 736 g/mol. The summed E-state index contributed by atoms with van der Waals surface area (Å²) in [5, 5.41) is 2.10. The van der Waals surface area contributed by atoms with Crippen molar-refractivity contribution in [2.24, 2.45) is 0 Å². The van der Waals surface area contributed by atoms with Crippen LogP contribution in [0.15, 0.2) is 107 Å². The molecule has 0 bridgehead atoms. The van der Waals surface area contributed by atoms with Crippen LogP contribution in [0.2, 0.25) is 0 Å². The topological polar surface area (TPSA) is 24.3 Å². The van der Waals surface area contributed by atoms with Crippen LogP contribution in [0, 0.1) is 19.0 Å². The Kier molecular flexibility index (Phi) is 6.29. The molecule has 1 aliphatic heterocycles. The first-order chi connectivity index (χ1) is 20.6. The minimum atomic E-state index is -2.22. The number of benzene rings is 4. The summed E-state index contributed by atoms with van der Waals surface area (Å²) in [7, 11) is 0. The normalized spacial score (nSPS) is 14.5. The molecular weight excluding hydrogens is 704 g/mol. The van der Waals surface area contributed by atoms with E-state index in [2.05, 4.69) is 108 Å². The maximum absolute atomic E-state index is 7.92. The summed E-state index contributed by atoms with van der Waals surface area (Å²) in [4.78, 5) is 11.2. The second-order valence-electron chi connectivity index (χ2n) is 11.0. The summed E-state index contributed by atoms with van der Waals surface area (Å²) in [5.74, 6) is 0.558. The van der Waals surface area contributed by atoms with E-state index in [1.54, 1.807) is 30.1 Å². The molecule has 4 aromatic carbocycles. The molecule has 2 aromatic heterocycles. The third-order valence-electron chi connectivity index (χ3n) is 7.35. The van der Waals surface area contributed by atoms with E-state index in [0.29, 0.717) is 5.82 Å². The van der Waals surface area contributed by atoms with E-state index in [1.807, 2.05) is 22.8 Å². The van der Waals surface area contributed by atoms with Gasteiger partial charge >= 0.3 is 21.1 Å². The summed E-state index contributed by atoms with van der Waals surface area (Å²) in [5.41, 5.74) is 5.48. The zero-order valence-corrected chi connectivity index (χ0v) is 26.0. The predicted octanol–water partition coefficient (Wildman–Crippen LogP) is 8.95. The second-order valence-corrected chi connectivity index (χ2v) is 12.1. The van der Waals surface area contributed by atoms with Crippen molar-refractivity contribution in [1.29, 1.82) is 0 Å². The van der Waals surface area contributed by atoms with Crippen LogP contribution in [0.1, 0.15) is 30.4 Å². The Hall–Kier alpha value is -3.53. The standard InChI is InChI=1S/C35H30N4S.Pt/c1-24-18-19-36-34(20-24)39-30-13-6-5-12-28(30)29-17-16-27(22-33(29)39)40-26-11-9-10-25(21-26)37-23-38(35(2,3)4)32-15-8-7-14-31(32)37;/h5-20H,23H2,1-4H3;/q-2;+2/i1D3;. The Morgan fingerprint density at radius 1 is 0.829 bits per heavy atom. The van der Waals surface area contributed by atoms with Gasteiger partial charge in [0.15, 0.2) is 0 Å². The van der Waals surface area contributed by atoms with Crippen molar-refractivity contribution in [3.05, 3.63) is 115 Å². The van der Waals surface area contributed by atoms with Crippen LogP contribution in [-0.4, -0.2) is 21.8 Å². The summed E-state index contributed by atoms with van der Waals surface area (Å²) in [6.07, 6.45) is 1.56. The minimum Gasteiger partial charge on any atom is -0.347 e. The number of anilines is 3. The Labute approximate surface area is 264 Å². The number of pyridine rings is 1. The third kappa shape index (κ3) is 4.96. The summed E-state index contributed by atoms with van der Waals surface area (Å²) in [6.45, 7) is 5.26. The summed E-state index contributed by atoms with van der Waals surface area (Å²) >= 11 is 1.61. The van der Waals surface area contributed by atoms with Crippen molar-refractivity contribution in [1.82, 2.24) is 9.55 Å². The number of aryl methyl sites for hydroxylation is 1. The molecule has 1 aliphatic rings. The van der Waals surface area contributed by atoms with E-state index in [-0.39, 0.29) is 32.2 Å². The van der Waals surface area contributed by atoms with Gasteiger partial charge in [-0.15, -0.1) is 45.1 Å². The number of hydrogen-bond acceptors (Lipinski definition) is 4. The second kappa shape index (κ2) is 10.7. The fourth-order valence-electron chi connectivity index (χ4n) is 5.48. The van der Waals surface area contributed by atoms with Gasteiger partial charge in [0.05, 0.1) is 18.0 Å². The van der Waals surface area contributed by atoms with E-state index in [1.165, 1.54) is 11.4 Å². The molecule has 0 saturated heterocycles. The molecule has 0 fully saturated rings. The van der Waals surface area contributed by atoms with Gasteiger partial charge in [0.2, 0.25) is 0 Å². The van der Waals surface area contributed by atoms with Crippen LogP contribution >= 0.6 is 11.8 Å². The molecule has 4 nitrogen and oxygen atoms in total. The van der Waals surface area contributed by atoms with E-state index < -0.39 is 6.85 Å². The number of para-hydroxylation sites is 3. The maximum Gasteiger partial charge on any atom is 2.00 e. The van der Waals surface area contributed by atoms with Crippen molar-refractivity contribution in [2.45, 2.75) is 43.0 Å². The molecule has 0 N–H and O–H groups in total. The number of hydrogen-bond donors (Lipinski definition) is 0. The fourth-order valence-corrected chi connectivity index (χ4v) is 6.30. The largest absolute Gasteiger partial charge is 2.00 e. The number of aromatic nitrogens is 2. The van der Waals surface area contributed by atoms with Crippen LogP contribution in [0.3, 0.4) is 0 Å². The molecule has 0 radical (unpaired) electrons. The molecule has 0 aliphatic carbocycles. The van der Waals surface area contributed by atoms with Gasteiger partial charge in [-0.05, 0) is 68.9 Å². The molecule has 0 saturated carbocycles. The summed E-state index contributed by atoms with van der Waals surface area (Å²) < 4.78 is 25.8. The van der Waals surface area contributed by atoms with Crippen molar-refractivity contribution in [3.63, 3.8) is 0 Å². The molecule has 206 valence electrons. The average Bonchev–Trinajstić information content (AvgIpc) is 3.53. The Balaban J connectivity index is 0.00000343. The number of nitrogens with zero attached hydrogens (tertiary/aromatic N) is 4. The van der Waals surface area contributed by atoms with Gasteiger partial charge < -0.3 is 14.4 Å². The van der Waals surface area contributed by atoms with Crippen LogP contribution in [-0.2, 0) is 21.1 Å². The van der Waals surface area contributed by atoms with Crippen LogP contribution in [0.5, 0.6) is 0 Å². The predicted molar refractivity (Wildman–Crippen MR) is 167 cm³/mol. The maximum atomic E-state index is 7.92. The van der Waals surface area contributed by atoms with Crippen LogP contribution in [0.25, 0.3) is 27.6 Å². The van der Waals surface area contributed by atoms with Gasteiger partial charge in [0.1, 0.15) is 5.82 Å². The quantitative estimate of drug-likeness (QED) is 0.169. The van der Waals surface area contributed by atoms with Gasteiger partial charge in [-0.1, -0.05) is 41.5 Å². The van der Waals surface area contributed by atoms with Gasteiger partial charge in [-0.2, -0.15) is 24.3 Å². The molecule has 6 heteroatoms. The van der Waals surface area contributed by atoms with Gasteiger partial charge in [0, 0.05) is 21.4 Å². The van der Waals surface area contributed by atoms with Crippen molar-refractivity contribution < 1.29 is 25.2 Å². The molecule has 0 amide bonds. The third-order valence-corrected chi connectivity index (χ3v) is 8.27. The van der Waals surface area contributed by atoms with Gasteiger partial charge in [-0.3, -0.25) is 0 Å². The SMILES string of the molecule is [2H]C([2H])([2H])c1ccnc(-n2c3[c-]c(Sc4[c-]c(N5CN(C(C)(C)C)c6ccccc65)ccc4)ccc3c3ccccc32)c1.[Pt+2]. The van der Waals surface area contributed by atoms with Crippen LogP contribution < -0.4 is 9.80 Å². The van der Waals surface area contributed by atoms with Crippen molar-refractivity contribution in [3.8, 4) is 5.82 Å². The first-order valence-corrected chi connectivity index (χ1v) is 14.2. The molecular formula is C35H30N4PtS. The Morgan fingerprint density at radius 2 is 1.61 bits per heavy atom. The average molecular weight is 737 g/mol. The smallest absolute Gasteiger partial charge is 0.347 e. The Morgan fingerprint density at radius 3 is 2.44 bits per heavy atom. The molecule has 41 heavy (non-hydrogen) atoms. The van der Waals surface area contributed by atoms with E-state index >= 15 is 0 Å². The first kappa shape index (κ1) is 24.1. The van der Waals surface area contributed by atoms with Crippen molar-refractivity contribution >= 4 is 50.6 Å². The molecule has 7 rings (SSSR count). The van der Waals surface area contributed by atoms with E-state index in [4.69, 9.17) is 4.11 Å². The minimum absolute atomic E-state index is 0. The van der Waals surface area contributed by atoms with Gasteiger partial charge in [0.25, 0.3) is 0 Å². The molecule has 3 heterocycles. The Bertz CT molecular complexity index is 2000. The molecule has 0 atom stereocenters. The fraction of sp³-hybridized carbons (Fsp3) is 0.171. The van der Waals surface area contributed by atoms with E-state index in [9.17, 15) is 0 Å². The molecule has 6 aromatic rings. The summed E-state index contributed by atoms with van der Waals surface area (Å²) in [6, 6.07) is 37.6. The molecule has 0 spiro atoms. The number of fused-ring (bicyclic) bond motifs is 4. The zero-order chi connectivity index (χ0) is 29.9. The zero-order valence-electron chi connectivity index (χ0n) is 26.0.